The molecule has 1 amide bonds. The average molecular weight is 310 g/mol. The molecule has 1 fully saturated rings. The summed E-state index contributed by atoms with van der Waals surface area (Å²) in [5, 5.41) is 0. The van der Waals surface area contributed by atoms with Gasteiger partial charge in [0.05, 0.1) is 11.5 Å². The number of rotatable bonds is 3. The lowest BCUT2D eigenvalue weighted by atomic mass is 10.0. The molecule has 5 nitrogen and oxygen atoms in total. The Bertz CT molecular complexity index is 594. The number of amides is 1. The molecule has 6 heteroatoms. The van der Waals surface area contributed by atoms with Gasteiger partial charge in [-0.05, 0) is 26.6 Å². The molecule has 1 unspecified atom stereocenters. The minimum atomic E-state index is -2.97. The molecule has 116 valence electrons. The van der Waals surface area contributed by atoms with Crippen LogP contribution in [0.5, 0.6) is 0 Å². The SMILES string of the molecule is Cc1ccc(C(C(=O)N2CCS(=O)(=O)CC2)N(C)C)cc1. The maximum Gasteiger partial charge on any atom is 0.244 e. The summed E-state index contributed by atoms with van der Waals surface area (Å²) in [5.41, 5.74) is 2.08. The normalized spacial score (nSPS) is 19.5. The Kier molecular flexibility index (Phi) is 4.68. The summed E-state index contributed by atoms with van der Waals surface area (Å²) < 4.78 is 23.0. The Morgan fingerprint density at radius 2 is 1.67 bits per heavy atom. The third-order valence-electron chi connectivity index (χ3n) is 3.80. The van der Waals surface area contributed by atoms with Gasteiger partial charge in [0, 0.05) is 13.1 Å². The number of likely N-dealkylation sites (N-methyl/N-ethyl adjacent to an activating group) is 1. The molecule has 0 spiro atoms. The first-order valence-electron chi connectivity index (χ1n) is 7.02. The fourth-order valence-electron chi connectivity index (χ4n) is 2.52. The zero-order valence-corrected chi connectivity index (χ0v) is 13.6. The molecule has 0 aliphatic carbocycles. The van der Waals surface area contributed by atoms with E-state index < -0.39 is 9.84 Å². The number of aryl methyl sites for hydroxylation is 1. The number of sulfone groups is 1. The van der Waals surface area contributed by atoms with Gasteiger partial charge in [-0.2, -0.15) is 0 Å². The number of carbonyl (C=O) groups is 1. The van der Waals surface area contributed by atoms with Gasteiger partial charge in [0.15, 0.2) is 9.84 Å². The van der Waals surface area contributed by atoms with Crippen LogP contribution >= 0.6 is 0 Å². The van der Waals surface area contributed by atoms with Gasteiger partial charge in [0.25, 0.3) is 0 Å². The van der Waals surface area contributed by atoms with Gasteiger partial charge in [-0.25, -0.2) is 8.42 Å². The Morgan fingerprint density at radius 1 is 1.14 bits per heavy atom. The van der Waals surface area contributed by atoms with Crippen molar-refractivity contribution < 1.29 is 13.2 Å². The van der Waals surface area contributed by atoms with Crippen LogP contribution in [0.15, 0.2) is 24.3 Å². The molecule has 0 radical (unpaired) electrons. The highest BCUT2D eigenvalue weighted by Gasteiger charge is 2.31. The predicted octanol–water partition coefficient (Wildman–Crippen LogP) is 0.855. The molecule has 1 aromatic rings. The van der Waals surface area contributed by atoms with Crippen LogP contribution in [0.4, 0.5) is 0 Å². The topological polar surface area (TPSA) is 57.7 Å². The quantitative estimate of drug-likeness (QED) is 0.831. The standard InChI is InChI=1S/C15H22N2O3S/c1-12-4-6-13(7-5-12)14(16(2)3)15(18)17-8-10-21(19,20)11-9-17/h4-7,14H,8-11H2,1-3H3. The first-order valence-corrected chi connectivity index (χ1v) is 8.84. The third kappa shape index (κ3) is 3.83. The van der Waals surface area contributed by atoms with Crippen LogP contribution in [-0.4, -0.2) is 62.8 Å². The number of nitrogens with zero attached hydrogens (tertiary/aromatic N) is 2. The van der Waals surface area contributed by atoms with Crippen LogP contribution in [0.3, 0.4) is 0 Å². The number of benzene rings is 1. The van der Waals surface area contributed by atoms with E-state index in [0.717, 1.165) is 11.1 Å². The van der Waals surface area contributed by atoms with Crippen LogP contribution < -0.4 is 0 Å². The van der Waals surface area contributed by atoms with Crippen LogP contribution in [0, 0.1) is 6.92 Å². The van der Waals surface area contributed by atoms with Gasteiger partial charge in [-0.1, -0.05) is 29.8 Å². The molecule has 21 heavy (non-hydrogen) atoms. The summed E-state index contributed by atoms with van der Waals surface area (Å²) in [6.45, 7) is 2.58. The van der Waals surface area contributed by atoms with E-state index in [2.05, 4.69) is 0 Å². The minimum Gasteiger partial charge on any atom is -0.339 e. The minimum absolute atomic E-state index is 0.0289. The number of hydrogen-bond acceptors (Lipinski definition) is 4. The summed E-state index contributed by atoms with van der Waals surface area (Å²) in [4.78, 5) is 16.3. The molecule has 0 bridgehead atoms. The molecule has 0 aromatic heterocycles. The zero-order chi connectivity index (χ0) is 15.6. The Hall–Kier alpha value is -1.40. The molecular formula is C15H22N2O3S. The van der Waals surface area contributed by atoms with E-state index in [4.69, 9.17) is 0 Å². The highest BCUT2D eigenvalue weighted by atomic mass is 32.2. The molecular weight excluding hydrogens is 288 g/mol. The van der Waals surface area contributed by atoms with E-state index in [1.54, 1.807) is 4.90 Å². The smallest absolute Gasteiger partial charge is 0.244 e. The van der Waals surface area contributed by atoms with Crippen molar-refractivity contribution in [3.8, 4) is 0 Å². The van der Waals surface area contributed by atoms with Crippen molar-refractivity contribution in [2.75, 3.05) is 38.7 Å². The summed E-state index contributed by atoms with van der Waals surface area (Å²) in [7, 11) is 0.756. The highest BCUT2D eigenvalue weighted by Crippen LogP contribution is 2.22. The summed E-state index contributed by atoms with van der Waals surface area (Å²) in [6, 6.07) is 7.52. The zero-order valence-electron chi connectivity index (χ0n) is 12.7. The van der Waals surface area contributed by atoms with Crippen molar-refractivity contribution in [3.63, 3.8) is 0 Å². The first kappa shape index (κ1) is 16.0. The molecule has 1 aromatic carbocycles. The highest BCUT2D eigenvalue weighted by molar-refractivity contribution is 7.91. The van der Waals surface area contributed by atoms with Gasteiger partial charge in [0.1, 0.15) is 6.04 Å². The maximum absolute atomic E-state index is 12.7. The fraction of sp³-hybridized carbons (Fsp3) is 0.533. The van der Waals surface area contributed by atoms with Gasteiger partial charge < -0.3 is 4.90 Å². The Morgan fingerprint density at radius 3 is 2.14 bits per heavy atom. The monoisotopic (exact) mass is 310 g/mol. The molecule has 1 aliphatic heterocycles. The lowest BCUT2D eigenvalue weighted by Gasteiger charge is -2.33. The van der Waals surface area contributed by atoms with Gasteiger partial charge in [-0.3, -0.25) is 9.69 Å². The van der Waals surface area contributed by atoms with Gasteiger partial charge in [0.2, 0.25) is 5.91 Å². The second-order valence-electron chi connectivity index (χ2n) is 5.75. The number of hydrogen-bond donors (Lipinski definition) is 0. The number of carbonyl (C=O) groups excluding carboxylic acids is 1. The Balaban J connectivity index is 2.19. The van der Waals surface area contributed by atoms with Crippen molar-refractivity contribution >= 4 is 15.7 Å². The molecule has 1 heterocycles. The maximum atomic E-state index is 12.7. The van der Waals surface area contributed by atoms with Gasteiger partial charge >= 0.3 is 0 Å². The molecule has 1 saturated heterocycles. The van der Waals surface area contributed by atoms with Crippen LogP contribution in [0.1, 0.15) is 17.2 Å². The average Bonchev–Trinajstić information content (AvgIpc) is 2.40. The van der Waals surface area contributed by atoms with E-state index in [1.807, 2.05) is 50.2 Å². The van der Waals surface area contributed by atoms with Crippen molar-refractivity contribution in [2.24, 2.45) is 0 Å². The van der Waals surface area contributed by atoms with Crippen molar-refractivity contribution in [1.29, 1.82) is 0 Å². The predicted molar refractivity (Wildman–Crippen MR) is 82.8 cm³/mol. The van der Waals surface area contributed by atoms with Crippen LogP contribution in [0.25, 0.3) is 0 Å². The lowest BCUT2D eigenvalue weighted by molar-refractivity contribution is -0.136. The molecule has 1 aliphatic rings. The Labute approximate surface area is 126 Å². The van der Waals surface area contributed by atoms with E-state index in [0.29, 0.717) is 0 Å². The van der Waals surface area contributed by atoms with Crippen LogP contribution in [0.2, 0.25) is 0 Å². The molecule has 2 rings (SSSR count). The van der Waals surface area contributed by atoms with Crippen molar-refractivity contribution in [3.05, 3.63) is 35.4 Å². The fourth-order valence-corrected chi connectivity index (χ4v) is 3.72. The molecule has 0 saturated carbocycles. The van der Waals surface area contributed by atoms with E-state index in [1.165, 1.54) is 0 Å². The second-order valence-corrected chi connectivity index (χ2v) is 8.06. The van der Waals surface area contributed by atoms with Gasteiger partial charge in [-0.15, -0.1) is 0 Å². The molecule has 1 atom stereocenters. The van der Waals surface area contributed by atoms with Crippen molar-refractivity contribution in [1.82, 2.24) is 9.80 Å². The first-order chi connectivity index (χ1) is 9.80. The van der Waals surface area contributed by atoms with E-state index in [9.17, 15) is 13.2 Å². The summed E-state index contributed by atoms with van der Waals surface area (Å²) >= 11 is 0. The third-order valence-corrected chi connectivity index (χ3v) is 5.41. The van der Waals surface area contributed by atoms with Crippen molar-refractivity contribution in [2.45, 2.75) is 13.0 Å². The summed E-state index contributed by atoms with van der Waals surface area (Å²) in [5.74, 6) is 0.0956. The summed E-state index contributed by atoms with van der Waals surface area (Å²) in [6.07, 6.45) is 0. The molecule has 0 N–H and O–H groups in total. The largest absolute Gasteiger partial charge is 0.339 e. The van der Waals surface area contributed by atoms with E-state index >= 15 is 0 Å². The van der Waals surface area contributed by atoms with Crippen LogP contribution in [-0.2, 0) is 14.6 Å². The second kappa shape index (κ2) is 6.15. The lowest BCUT2D eigenvalue weighted by Crippen LogP contribution is -2.48. The van der Waals surface area contributed by atoms with E-state index in [-0.39, 0.29) is 36.5 Å².